The molecule has 1 fully saturated rings. The minimum Gasteiger partial charge on any atom is -0.490 e. The molecule has 0 radical (unpaired) electrons. The lowest BCUT2D eigenvalue weighted by Gasteiger charge is -2.21. The minimum absolute atomic E-state index is 0.00779. The molecule has 1 saturated heterocycles. The minimum atomic E-state index is -0.280. The van der Waals surface area contributed by atoms with Crippen molar-refractivity contribution in [1.82, 2.24) is 0 Å². The zero-order valence-electron chi connectivity index (χ0n) is 12.7. The van der Waals surface area contributed by atoms with Gasteiger partial charge in [-0.05, 0) is 45.2 Å². The highest BCUT2D eigenvalue weighted by Crippen LogP contribution is 2.42. The van der Waals surface area contributed by atoms with Crippen molar-refractivity contribution in [3.63, 3.8) is 0 Å². The van der Waals surface area contributed by atoms with E-state index in [9.17, 15) is 0 Å². The van der Waals surface area contributed by atoms with Gasteiger partial charge < -0.3 is 14.2 Å². The molecule has 0 aromatic heterocycles. The van der Waals surface area contributed by atoms with Gasteiger partial charge in [-0.3, -0.25) is 0 Å². The van der Waals surface area contributed by atoms with Crippen molar-refractivity contribution in [1.29, 1.82) is 0 Å². The van der Waals surface area contributed by atoms with Gasteiger partial charge in [-0.1, -0.05) is 11.6 Å². The smallest absolute Gasteiger partial charge is 0.162 e. The van der Waals surface area contributed by atoms with Crippen molar-refractivity contribution in [2.45, 2.75) is 51.2 Å². The van der Waals surface area contributed by atoms with Crippen LogP contribution in [0.4, 0.5) is 0 Å². The van der Waals surface area contributed by atoms with E-state index in [-0.39, 0.29) is 17.6 Å². The maximum Gasteiger partial charge on any atom is 0.162 e. The van der Waals surface area contributed by atoms with Crippen LogP contribution >= 0.6 is 23.2 Å². The number of halogens is 2. The Morgan fingerprint density at radius 1 is 1.19 bits per heavy atom. The summed E-state index contributed by atoms with van der Waals surface area (Å²) in [6.07, 6.45) is 2.22. The van der Waals surface area contributed by atoms with Crippen LogP contribution in [-0.4, -0.2) is 25.4 Å². The highest BCUT2D eigenvalue weighted by atomic mass is 35.5. The zero-order chi connectivity index (χ0) is 15.4. The summed E-state index contributed by atoms with van der Waals surface area (Å²) in [7, 11) is 0. The van der Waals surface area contributed by atoms with Crippen molar-refractivity contribution in [3.8, 4) is 11.5 Å². The van der Waals surface area contributed by atoms with Crippen LogP contribution in [0.25, 0.3) is 0 Å². The van der Waals surface area contributed by atoms with E-state index in [1.54, 1.807) is 6.07 Å². The van der Waals surface area contributed by atoms with E-state index in [2.05, 4.69) is 6.92 Å². The van der Waals surface area contributed by atoms with Gasteiger partial charge in [-0.15, -0.1) is 11.6 Å². The van der Waals surface area contributed by atoms with E-state index >= 15 is 0 Å². The Hall–Kier alpha value is -0.640. The molecule has 2 rings (SSSR count). The largest absolute Gasteiger partial charge is 0.490 e. The molecule has 5 heteroatoms. The van der Waals surface area contributed by atoms with Crippen LogP contribution in [0, 0.1) is 0 Å². The Balaban J connectivity index is 2.27. The van der Waals surface area contributed by atoms with Gasteiger partial charge in [0.25, 0.3) is 0 Å². The second-order valence-corrected chi connectivity index (χ2v) is 6.03. The van der Waals surface area contributed by atoms with Crippen molar-refractivity contribution in [2.24, 2.45) is 0 Å². The number of rotatable bonds is 6. The summed E-state index contributed by atoms with van der Waals surface area (Å²) in [6, 6.07) is 3.65. The molecule has 1 aliphatic rings. The third-order valence-corrected chi connectivity index (χ3v) is 4.39. The van der Waals surface area contributed by atoms with Crippen LogP contribution in [0.5, 0.6) is 11.5 Å². The van der Waals surface area contributed by atoms with Crippen molar-refractivity contribution in [2.75, 3.05) is 13.2 Å². The van der Waals surface area contributed by atoms with Crippen LogP contribution in [0.15, 0.2) is 12.1 Å². The molecule has 3 atom stereocenters. The SMILES string of the molecule is CCOc1cc(Cl)c(C(Cl)C2CCC(C)O2)cc1OCC. The van der Waals surface area contributed by atoms with Gasteiger partial charge in [0, 0.05) is 11.1 Å². The summed E-state index contributed by atoms with van der Waals surface area (Å²) in [5.74, 6) is 1.33. The van der Waals surface area contributed by atoms with Crippen LogP contribution in [0.1, 0.15) is 44.6 Å². The van der Waals surface area contributed by atoms with Gasteiger partial charge in [-0.2, -0.15) is 0 Å². The molecular formula is C16H22Cl2O3. The van der Waals surface area contributed by atoms with Gasteiger partial charge in [0.2, 0.25) is 0 Å². The number of benzene rings is 1. The van der Waals surface area contributed by atoms with Gasteiger partial charge in [0.05, 0.1) is 30.8 Å². The molecule has 0 saturated carbocycles. The summed E-state index contributed by atoms with van der Waals surface area (Å²) in [5.41, 5.74) is 0.837. The molecule has 1 heterocycles. The fraction of sp³-hybridized carbons (Fsp3) is 0.625. The fourth-order valence-corrected chi connectivity index (χ4v) is 3.24. The molecule has 1 aliphatic heterocycles. The first-order valence-electron chi connectivity index (χ1n) is 7.45. The molecule has 0 bridgehead atoms. The highest BCUT2D eigenvalue weighted by Gasteiger charge is 2.31. The molecule has 118 valence electrons. The van der Waals surface area contributed by atoms with E-state index in [0.717, 1.165) is 18.4 Å². The quantitative estimate of drug-likeness (QED) is 0.687. The first-order valence-corrected chi connectivity index (χ1v) is 8.26. The molecule has 1 aromatic rings. The monoisotopic (exact) mass is 332 g/mol. The van der Waals surface area contributed by atoms with Crippen LogP contribution in [-0.2, 0) is 4.74 Å². The second-order valence-electron chi connectivity index (χ2n) is 5.15. The van der Waals surface area contributed by atoms with Crippen molar-refractivity contribution >= 4 is 23.2 Å². The summed E-state index contributed by atoms with van der Waals surface area (Å²) >= 11 is 13.0. The Morgan fingerprint density at radius 3 is 2.33 bits per heavy atom. The first-order chi connectivity index (χ1) is 10.1. The van der Waals surface area contributed by atoms with Crippen LogP contribution in [0.2, 0.25) is 5.02 Å². The fourth-order valence-electron chi connectivity index (χ4n) is 2.55. The molecule has 0 amide bonds. The molecule has 3 unspecified atom stereocenters. The maximum absolute atomic E-state index is 6.58. The second kappa shape index (κ2) is 7.57. The summed E-state index contributed by atoms with van der Waals surface area (Å²) in [5, 5.41) is 0.308. The lowest BCUT2D eigenvalue weighted by Crippen LogP contribution is -2.15. The predicted molar refractivity (Wildman–Crippen MR) is 86.0 cm³/mol. The molecule has 3 nitrogen and oxygen atoms in total. The summed E-state index contributed by atoms with van der Waals surface area (Å²) in [6.45, 7) is 7.04. The standard InChI is InChI=1S/C16H22Cl2O3/c1-4-19-14-8-11(12(17)9-15(14)20-5-2)16(18)13-7-6-10(3)21-13/h8-10,13,16H,4-7H2,1-3H3. The van der Waals surface area contributed by atoms with Crippen LogP contribution in [0.3, 0.4) is 0 Å². The van der Waals surface area contributed by atoms with E-state index in [1.807, 2.05) is 19.9 Å². The van der Waals surface area contributed by atoms with Gasteiger partial charge in [0.15, 0.2) is 11.5 Å². The predicted octanol–water partition coefficient (Wildman–Crippen LogP) is 4.98. The van der Waals surface area contributed by atoms with E-state index in [4.69, 9.17) is 37.4 Å². The maximum atomic E-state index is 6.58. The van der Waals surface area contributed by atoms with E-state index < -0.39 is 0 Å². The Kier molecular flexibility index (Phi) is 6.03. The summed E-state index contributed by atoms with van der Waals surface area (Å²) in [4.78, 5) is 0. The number of ether oxygens (including phenoxy) is 3. The highest BCUT2D eigenvalue weighted by molar-refractivity contribution is 6.33. The molecule has 0 spiro atoms. The normalized spacial score (nSPS) is 23.1. The average Bonchev–Trinajstić information content (AvgIpc) is 2.88. The van der Waals surface area contributed by atoms with Gasteiger partial charge in [-0.25, -0.2) is 0 Å². The third-order valence-electron chi connectivity index (χ3n) is 3.55. The molecule has 0 aliphatic carbocycles. The van der Waals surface area contributed by atoms with Crippen LogP contribution < -0.4 is 9.47 Å². The van der Waals surface area contributed by atoms with Gasteiger partial charge >= 0.3 is 0 Å². The number of alkyl halides is 1. The van der Waals surface area contributed by atoms with Crippen molar-refractivity contribution in [3.05, 3.63) is 22.7 Å². The topological polar surface area (TPSA) is 27.7 Å². The lowest BCUT2D eigenvalue weighted by atomic mass is 10.0. The van der Waals surface area contributed by atoms with Gasteiger partial charge in [0.1, 0.15) is 0 Å². The van der Waals surface area contributed by atoms with E-state index in [1.165, 1.54) is 0 Å². The number of hydrogen-bond acceptors (Lipinski definition) is 3. The molecule has 1 aromatic carbocycles. The Morgan fingerprint density at radius 2 is 1.81 bits per heavy atom. The lowest BCUT2D eigenvalue weighted by molar-refractivity contribution is 0.0533. The molecule has 21 heavy (non-hydrogen) atoms. The third kappa shape index (κ3) is 3.97. The molecule has 0 N–H and O–H groups in total. The van der Waals surface area contributed by atoms with E-state index in [0.29, 0.717) is 29.7 Å². The number of hydrogen-bond donors (Lipinski definition) is 0. The molecular weight excluding hydrogens is 311 g/mol. The Bertz CT molecular complexity index is 479. The van der Waals surface area contributed by atoms with Crippen molar-refractivity contribution < 1.29 is 14.2 Å². The zero-order valence-corrected chi connectivity index (χ0v) is 14.2. The summed E-state index contributed by atoms with van der Waals surface area (Å²) < 4.78 is 17.0. The average molecular weight is 333 g/mol. The Labute approximate surface area is 136 Å². The first kappa shape index (κ1) is 16.7.